The van der Waals surface area contributed by atoms with Crippen LogP contribution >= 0.6 is 0 Å². The number of piperazine rings is 1. The first-order valence-corrected chi connectivity index (χ1v) is 8.49. The lowest BCUT2D eigenvalue weighted by atomic mass is 10.2. The van der Waals surface area contributed by atoms with Crippen LogP contribution in [-0.4, -0.2) is 53.1 Å². The number of rotatable bonds is 6. The summed E-state index contributed by atoms with van der Waals surface area (Å²) in [5, 5.41) is 11.3. The second-order valence-corrected chi connectivity index (χ2v) is 6.03. The third-order valence-corrected chi connectivity index (χ3v) is 4.23. The minimum Gasteiger partial charge on any atom is -0.481 e. The summed E-state index contributed by atoms with van der Waals surface area (Å²) in [6.45, 7) is 3.53. The summed E-state index contributed by atoms with van der Waals surface area (Å²) in [7, 11) is 0. The van der Waals surface area contributed by atoms with Gasteiger partial charge in [-0.1, -0.05) is 0 Å². The molecule has 136 valence electrons. The van der Waals surface area contributed by atoms with Crippen LogP contribution in [0, 0.1) is 0 Å². The fourth-order valence-electron chi connectivity index (χ4n) is 2.84. The van der Waals surface area contributed by atoms with Gasteiger partial charge in [0, 0.05) is 50.7 Å². The number of pyridine rings is 2. The molecule has 1 saturated heterocycles. The van der Waals surface area contributed by atoms with Crippen LogP contribution in [0.3, 0.4) is 0 Å². The van der Waals surface area contributed by atoms with Crippen LogP contribution in [0.2, 0.25) is 0 Å². The highest BCUT2D eigenvalue weighted by atomic mass is 16.4. The van der Waals surface area contributed by atoms with E-state index in [-0.39, 0.29) is 18.7 Å². The van der Waals surface area contributed by atoms with Gasteiger partial charge in [0.15, 0.2) is 0 Å². The van der Waals surface area contributed by atoms with Crippen LogP contribution in [0.15, 0.2) is 42.9 Å². The number of aliphatic carboxylic acids is 1. The van der Waals surface area contributed by atoms with Crippen molar-refractivity contribution in [3.05, 3.63) is 42.9 Å². The SMILES string of the molecule is O=C(O)CCC(=O)Nc1ccc(N2CCN(c3ccncc3)CC2)nc1. The van der Waals surface area contributed by atoms with Gasteiger partial charge in [-0.2, -0.15) is 0 Å². The Morgan fingerprint density at radius 3 is 2.31 bits per heavy atom. The molecule has 0 unspecified atom stereocenters. The lowest BCUT2D eigenvalue weighted by Crippen LogP contribution is -2.46. The van der Waals surface area contributed by atoms with Crippen LogP contribution in [0.25, 0.3) is 0 Å². The number of carbonyl (C=O) groups is 2. The molecule has 26 heavy (non-hydrogen) atoms. The van der Waals surface area contributed by atoms with Gasteiger partial charge in [0.05, 0.1) is 18.3 Å². The van der Waals surface area contributed by atoms with Crippen molar-refractivity contribution in [3.63, 3.8) is 0 Å². The van der Waals surface area contributed by atoms with Crippen molar-refractivity contribution in [2.24, 2.45) is 0 Å². The Bertz CT molecular complexity index is 743. The zero-order chi connectivity index (χ0) is 18.4. The highest BCUT2D eigenvalue weighted by Gasteiger charge is 2.18. The Balaban J connectivity index is 1.51. The molecule has 2 aromatic heterocycles. The molecule has 2 aromatic rings. The number of nitrogens with one attached hydrogen (secondary N) is 1. The third kappa shape index (κ3) is 4.69. The van der Waals surface area contributed by atoms with Crippen LogP contribution in [0.4, 0.5) is 17.2 Å². The minimum absolute atomic E-state index is 0.0476. The molecule has 8 nitrogen and oxygen atoms in total. The first-order valence-electron chi connectivity index (χ1n) is 8.49. The molecule has 0 atom stereocenters. The molecule has 3 rings (SSSR count). The first kappa shape index (κ1) is 17.7. The lowest BCUT2D eigenvalue weighted by Gasteiger charge is -2.36. The van der Waals surface area contributed by atoms with Crippen LogP contribution in [0.1, 0.15) is 12.8 Å². The quantitative estimate of drug-likeness (QED) is 0.812. The second kappa shape index (κ2) is 8.28. The van der Waals surface area contributed by atoms with Crippen molar-refractivity contribution in [3.8, 4) is 0 Å². The zero-order valence-corrected chi connectivity index (χ0v) is 14.3. The van der Waals surface area contributed by atoms with E-state index in [1.807, 2.05) is 18.2 Å². The van der Waals surface area contributed by atoms with E-state index < -0.39 is 5.97 Å². The number of anilines is 3. The molecule has 0 radical (unpaired) electrons. The zero-order valence-electron chi connectivity index (χ0n) is 14.3. The Morgan fingerprint density at radius 1 is 1.00 bits per heavy atom. The lowest BCUT2D eigenvalue weighted by molar-refractivity contribution is -0.138. The van der Waals surface area contributed by atoms with E-state index in [1.54, 1.807) is 24.7 Å². The fourth-order valence-corrected chi connectivity index (χ4v) is 2.84. The molecule has 0 spiro atoms. The van der Waals surface area contributed by atoms with Crippen molar-refractivity contribution in [2.75, 3.05) is 41.3 Å². The average Bonchev–Trinajstić information content (AvgIpc) is 2.68. The van der Waals surface area contributed by atoms with Crippen molar-refractivity contribution >= 4 is 29.1 Å². The number of carbonyl (C=O) groups excluding carboxylic acids is 1. The van der Waals surface area contributed by atoms with E-state index in [2.05, 4.69) is 25.1 Å². The number of nitrogens with zero attached hydrogens (tertiary/aromatic N) is 4. The van der Waals surface area contributed by atoms with E-state index in [0.29, 0.717) is 5.69 Å². The van der Waals surface area contributed by atoms with E-state index in [1.165, 1.54) is 5.69 Å². The Morgan fingerprint density at radius 2 is 1.69 bits per heavy atom. The maximum absolute atomic E-state index is 11.7. The predicted octanol–water partition coefficient (Wildman–Crippen LogP) is 1.61. The molecule has 0 aromatic carbocycles. The highest BCUT2D eigenvalue weighted by molar-refractivity contribution is 5.92. The number of hydrogen-bond acceptors (Lipinski definition) is 6. The fraction of sp³-hybridized carbons (Fsp3) is 0.333. The topological polar surface area (TPSA) is 98.7 Å². The molecule has 1 amide bonds. The Hall–Kier alpha value is -3.16. The van der Waals surface area contributed by atoms with Crippen molar-refractivity contribution in [2.45, 2.75) is 12.8 Å². The Kier molecular flexibility index (Phi) is 5.62. The maximum Gasteiger partial charge on any atom is 0.303 e. The van der Waals surface area contributed by atoms with Crippen molar-refractivity contribution in [1.82, 2.24) is 9.97 Å². The van der Waals surface area contributed by atoms with Gasteiger partial charge in [-0.25, -0.2) is 4.98 Å². The van der Waals surface area contributed by atoms with E-state index in [4.69, 9.17) is 5.11 Å². The van der Waals surface area contributed by atoms with Gasteiger partial charge in [-0.05, 0) is 24.3 Å². The predicted molar refractivity (Wildman–Crippen MR) is 98.4 cm³/mol. The van der Waals surface area contributed by atoms with Gasteiger partial charge in [-0.15, -0.1) is 0 Å². The summed E-state index contributed by atoms with van der Waals surface area (Å²) < 4.78 is 0. The summed E-state index contributed by atoms with van der Waals surface area (Å²) in [6, 6.07) is 7.68. The standard InChI is InChI=1S/C18H21N5O3/c24-17(3-4-18(25)26)21-14-1-2-16(20-13-14)23-11-9-22(10-12-23)15-5-7-19-8-6-15/h1-2,5-8,13H,3-4,9-12H2,(H,21,24)(H,25,26). The van der Waals surface area contributed by atoms with E-state index >= 15 is 0 Å². The highest BCUT2D eigenvalue weighted by Crippen LogP contribution is 2.19. The molecule has 0 saturated carbocycles. The van der Waals surface area contributed by atoms with Crippen LogP contribution in [-0.2, 0) is 9.59 Å². The summed E-state index contributed by atoms with van der Waals surface area (Å²) in [5.41, 5.74) is 1.74. The number of aromatic nitrogens is 2. The molecule has 3 heterocycles. The first-order chi connectivity index (χ1) is 12.6. The monoisotopic (exact) mass is 355 g/mol. The molecule has 1 aliphatic heterocycles. The third-order valence-electron chi connectivity index (χ3n) is 4.23. The number of carboxylic acids is 1. The summed E-state index contributed by atoms with van der Waals surface area (Å²) in [5.74, 6) is -0.449. The molecule has 0 aliphatic carbocycles. The largest absolute Gasteiger partial charge is 0.481 e. The number of carboxylic acid groups (broad SMARTS) is 1. The average molecular weight is 355 g/mol. The summed E-state index contributed by atoms with van der Waals surface area (Å²) in [6.07, 6.45) is 4.97. The smallest absolute Gasteiger partial charge is 0.303 e. The molecule has 1 aliphatic rings. The molecular formula is C18H21N5O3. The van der Waals surface area contributed by atoms with Crippen molar-refractivity contribution in [1.29, 1.82) is 0 Å². The van der Waals surface area contributed by atoms with Gasteiger partial charge in [-0.3, -0.25) is 14.6 Å². The summed E-state index contributed by atoms with van der Waals surface area (Å²) in [4.78, 5) is 35.1. The van der Waals surface area contributed by atoms with Gasteiger partial charge < -0.3 is 20.2 Å². The number of amides is 1. The van der Waals surface area contributed by atoms with E-state index in [9.17, 15) is 9.59 Å². The summed E-state index contributed by atoms with van der Waals surface area (Å²) >= 11 is 0. The van der Waals surface area contributed by atoms with Crippen molar-refractivity contribution < 1.29 is 14.7 Å². The van der Waals surface area contributed by atoms with Crippen LogP contribution in [0.5, 0.6) is 0 Å². The van der Waals surface area contributed by atoms with Gasteiger partial charge in [0.1, 0.15) is 5.82 Å². The molecular weight excluding hydrogens is 334 g/mol. The normalized spacial score (nSPS) is 14.2. The molecule has 8 heteroatoms. The second-order valence-electron chi connectivity index (χ2n) is 6.03. The minimum atomic E-state index is -0.987. The van der Waals surface area contributed by atoms with Gasteiger partial charge in [0.25, 0.3) is 0 Å². The Labute approximate surface area is 151 Å². The van der Waals surface area contributed by atoms with Crippen LogP contribution < -0.4 is 15.1 Å². The van der Waals surface area contributed by atoms with Gasteiger partial charge in [0.2, 0.25) is 5.91 Å². The maximum atomic E-state index is 11.7. The number of hydrogen-bond donors (Lipinski definition) is 2. The molecule has 2 N–H and O–H groups in total. The van der Waals surface area contributed by atoms with Gasteiger partial charge >= 0.3 is 5.97 Å². The molecule has 0 bridgehead atoms. The molecule has 1 fully saturated rings. The van der Waals surface area contributed by atoms with E-state index in [0.717, 1.165) is 32.0 Å².